The first-order chi connectivity index (χ1) is 32.0. The average molecular weight is 1050 g/mol. The highest BCUT2D eigenvalue weighted by Crippen LogP contribution is 2.16. The lowest BCUT2D eigenvalue weighted by molar-refractivity contribution is -0.140. The summed E-state index contributed by atoms with van der Waals surface area (Å²) in [5.41, 5.74) is 5.75. The molecule has 21 nitrogen and oxygen atoms in total. The average Bonchev–Trinajstić information content (AvgIpc) is 3.27. The van der Waals surface area contributed by atoms with Crippen molar-refractivity contribution in [2.45, 2.75) is 102 Å². The van der Waals surface area contributed by atoms with Gasteiger partial charge >= 0.3 is 18.2 Å². The zero-order valence-corrected chi connectivity index (χ0v) is 44.6. The van der Waals surface area contributed by atoms with E-state index in [4.69, 9.17) is 20.3 Å². The highest BCUT2D eigenvalue weighted by Gasteiger charge is 2.31. The second-order valence-electron chi connectivity index (χ2n) is 17.6. The van der Waals surface area contributed by atoms with Gasteiger partial charge in [0.05, 0.1) is 18.6 Å². The first-order valence-corrected chi connectivity index (χ1v) is 24.5. The maximum atomic E-state index is 12.5. The maximum Gasteiger partial charge on any atom is 0.407 e. The highest BCUT2D eigenvalue weighted by molar-refractivity contribution is 7.98. The number of carboxylic acid groups (broad SMARTS) is 1. The van der Waals surface area contributed by atoms with Crippen molar-refractivity contribution in [2.24, 2.45) is 5.73 Å². The van der Waals surface area contributed by atoms with Gasteiger partial charge in [0, 0.05) is 28.2 Å². The molecule has 4 unspecified atom stereocenters. The van der Waals surface area contributed by atoms with Gasteiger partial charge in [-0.3, -0.25) is 28.8 Å². The minimum Gasteiger partial charge on any atom is -0.480 e. The molecule has 0 aliphatic carbocycles. The zero-order valence-electron chi connectivity index (χ0n) is 42.1. The number of hydrogen-bond acceptors (Lipinski definition) is 15. The smallest absolute Gasteiger partial charge is 0.407 e. The number of ether oxygens (including phenoxy) is 2. The number of nitrogens with zero attached hydrogens (tertiary/aromatic N) is 2. The van der Waals surface area contributed by atoms with Crippen molar-refractivity contribution in [2.75, 3.05) is 65.3 Å². The van der Waals surface area contributed by atoms with Crippen molar-refractivity contribution in [3.05, 3.63) is 71.8 Å². The minimum atomic E-state index is -1.60. The lowest BCUT2D eigenvalue weighted by Crippen LogP contribution is -2.53. The van der Waals surface area contributed by atoms with Crippen LogP contribution < -0.4 is 32.3 Å². The molecule has 2 rings (SSSR count). The van der Waals surface area contributed by atoms with Crippen LogP contribution in [0.5, 0.6) is 0 Å². The summed E-state index contributed by atoms with van der Waals surface area (Å²) < 4.78 is 10.3. The van der Waals surface area contributed by atoms with Crippen LogP contribution in [0.15, 0.2) is 60.7 Å². The van der Waals surface area contributed by atoms with E-state index in [2.05, 4.69) is 26.6 Å². The van der Waals surface area contributed by atoms with Crippen LogP contribution in [0.4, 0.5) is 9.59 Å². The normalized spacial score (nSPS) is 13.3. The lowest BCUT2D eigenvalue weighted by Gasteiger charge is -2.26. The molecule has 0 fully saturated rings. The van der Waals surface area contributed by atoms with Crippen LogP contribution >= 0.6 is 35.9 Å². The number of nitrogens with one attached hydrogen (secondary N) is 5. The van der Waals surface area contributed by atoms with Crippen LogP contribution in [0, 0.1) is 0 Å². The Hall–Kier alpha value is -5.33. The third-order valence-corrected chi connectivity index (χ3v) is 10.1. The van der Waals surface area contributed by atoms with E-state index in [1.807, 2.05) is 42.8 Å². The summed E-state index contributed by atoms with van der Waals surface area (Å²) in [7, 11) is 6.56. The number of benzene rings is 2. The number of amides is 7. The second kappa shape index (κ2) is 34.1. The Morgan fingerprint density at radius 1 is 0.614 bits per heavy atom. The Balaban J connectivity index is 0. The molecule has 0 bridgehead atoms. The van der Waals surface area contributed by atoms with Crippen LogP contribution in [-0.2, 0) is 38.2 Å². The fraction of sp³-hybridized carbons (Fsp3) is 0.565. The van der Waals surface area contributed by atoms with Gasteiger partial charge in [-0.15, -0.1) is 12.4 Å². The van der Waals surface area contributed by atoms with Gasteiger partial charge < -0.3 is 66.9 Å². The summed E-state index contributed by atoms with van der Waals surface area (Å²) in [5, 5.41) is 41.0. The van der Waals surface area contributed by atoms with Gasteiger partial charge in [0.1, 0.15) is 29.8 Å². The number of halogens is 1. The fourth-order valence-corrected chi connectivity index (χ4v) is 6.39. The van der Waals surface area contributed by atoms with Gasteiger partial charge in [-0.2, -0.15) is 23.5 Å². The molecule has 24 heteroatoms. The Morgan fingerprint density at radius 2 is 0.986 bits per heavy atom. The van der Waals surface area contributed by atoms with Crippen LogP contribution in [0.25, 0.3) is 0 Å². The van der Waals surface area contributed by atoms with Crippen LogP contribution in [-0.4, -0.2) is 174 Å². The molecule has 70 heavy (non-hydrogen) atoms. The molecular weight excluding hydrogens is 972 g/mol. The monoisotopic (exact) mass is 1050 g/mol. The molecule has 10 N–H and O–H groups in total. The molecule has 2 aromatic rings. The molecule has 0 saturated carbocycles. The predicted molar refractivity (Wildman–Crippen MR) is 273 cm³/mol. The SMILES string of the molecule is CN(C)C(=O)[C@@H](N)c1ccccc1.CSCCC(NC(=O)OC(C)(C)C)C(O)C(=O)NCC(=O)N[C@H](C(=O)N(C)C)c1ccccc1.CSCCC(NC(=O)OC(C)(C)C)C(O)C(=O)NCC(=O)O.Cl. The largest absolute Gasteiger partial charge is 0.480 e. The summed E-state index contributed by atoms with van der Waals surface area (Å²) in [4.78, 5) is 97.8. The number of hydrogen-bond donors (Lipinski definition) is 9. The number of rotatable bonds is 21. The van der Waals surface area contributed by atoms with E-state index in [1.54, 1.807) is 100 Å². The van der Waals surface area contributed by atoms with E-state index in [-0.39, 0.29) is 24.2 Å². The number of carbonyl (C=O) groups is 8. The summed E-state index contributed by atoms with van der Waals surface area (Å²) >= 11 is 2.98. The number of likely N-dealkylation sites (N-methyl/N-ethyl adjacent to an activating group) is 2. The molecular formula is C46H75ClN8O13S2. The van der Waals surface area contributed by atoms with Gasteiger partial charge in [0.25, 0.3) is 11.8 Å². The maximum absolute atomic E-state index is 12.5. The number of thioether (sulfide) groups is 2. The molecule has 0 aliphatic heterocycles. The molecule has 2 aromatic carbocycles. The molecule has 0 spiro atoms. The van der Waals surface area contributed by atoms with Crippen LogP contribution in [0.1, 0.15) is 77.6 Å². The molecule has 0 radical (unpaired) electrons. The van der Waals surface area contributed by atoms with Gasteiger partial charge in [0.2, 0.25) is 17.7 Å². The van der Waals surface area contributed by atoms with E-state index in [9.17, 15) is 48.6 Å². The standard InChI is InChI=1S/C23H36N4O6S.C13H24N2O6S.C10H14N2O.ClH/c1-23(2,3)33-22(32)25-16(12-13-34-6)19(29)20(30)24-14-17(28)26-18(21(31)27(4)5)15-10-8-7-9-11-15;1-13(2,3)21-12(20)15-8(5-6-22-4)10(18)11(19)14-7-9(16)17;1-12(2)10(13)9(11)8-6-4-3-5-7-8;/h7-11,16,18-19,29H,12-14H2,1-6H3,(H,24,30)(H,25,32)(H,26,28);8,10,18H,5-7H2,1-4H3,(H,14,19)(H,15,20)(H,16,17);3-7,9H,11H2,1-2H3;1H/t16?,18-,19?;;9-;/m0.0./s1. The first-order valence-electron chi connectivity index (χ1n) is 21.7. The van der Waals surface area contributed by atoms with E-state index >= 15 is 0 Å². The van der Waals surface area contributed by atoms with Gasteiger partial charge in [-0.25, -0.2) is 9.59 Å². The third kappa shape index (κ3) is 29.0. The molecule has 6 atom stereocenters. The van der Waals surface area contributed by atoms with E-state index < -0.39 is 96.5 Å². The number of aliphatic hydroxyl groups is 2. The zero-order chi connectivity index (χ0) is 53.1. The van der Waals surface area contributed by atoms with Crippen LogP contribution in [0.3, 0.4) is 0 Å². The number of nitrogens with two attached hydrogens (primary N) is 1. The Morgan fingerprint density at radius 3 is 1.33 bits per heavy atom. The van der Waals surface area contributed by atoms with E-state index in [0.717, 1.165) is 5.56 Å². The molecule has 396 valence electrons. The first kappa shape index (κ1) is 66.8. The number of carbonyl (C=O) groups excluding carboxylic acids is 7. The van der Waals surface area contributed by atoms with Gasteiger partial charge in [0.15, 0.2) is 12.2 Å². The number of carboxylic acids is 1. The van der Waals surface area contributed by atoms with E-state index in [1.165, 1.54) is 33.3 Å². The summed E-state index contributed by atoms with van der Waals surface area (Å²) in [6.07, 6.45) is -0.294. The van der Waals surface area contributed by atoms with Crippen molar-refractivity contribution in [1.29, 1.82) is 0 Å². The molecule has 0 heterocycles. The van der Waals surface area contributed by atoms with Crippen molar-refractivity contribution < 1.29 is 63.1 Å². The number of aliphatic hydroxyl groups excluding tert-OH is 2. The Kier molecular flexibility index (Phi) is 32.5. The lowest BCUT2D eigenvalue weighted by atomic mass is 10.1. The molecule has 7 amide bonds. The van der Waals surface area contributed by atoms with Crippen LogP contribution in [0.2, 0.25) is 0 Å². The summed E-state index contributed by atoms with van der Waals surface area (Å²) in [6, 6.07) is 14.8. The summed E-state index contributed by atoms with van der Waals surface area (Å²) in [6.45, 7) is 9.14. The Labute approximate surface area is 426 Å². The second-order valence-corrected chi connectivity index (χ2v) is 19.5. The van der Waals surface area contributed by atoms with Crippen molar-refractivity contribution >= 4 is 83.6 Å². The Bertz CT molecular complexity index is 1920. The van der Waals surface area contributed by atoms with Crippen molar-refractivity contribution in [3.8, 4) is 0 Å². The molecule has 0 aromatic heterocycles. The predicted octanol–water partition coefficient (Wildman–Crippen LogP) is 2.45. The van der Waals surface area contributed by atoms with Crippen molar-refractivity contribution in [1.82, 2.24) is 36.4 Å². The number of alkyl carbamates (subject to hydrolysis) is 2. The third-order valence-electron chi connectivity index (χ3n) is 8.80. The molecule has 0 aliphatic rings. The summed E-state index contributed by atoms with van der Waals surface area (Å²) in [5.74, 6) is -2.74. The highest BCUT2D eigenvalue weighted by atomic mass is 35.5. The van der Waals surface area contributed by atoms with Crippen molar-refractivity contribution in [3.63, 3.8) is 0 Å². The fourth-order valence-electron chi connectivity index (χ4n) is 5.41. The topological polar surface area (TPSA) is 308 Å². The van der Waals surface area contributed by atoms with E-state index in [0.29, 0.717) is 29.9 Å². The quantitative estimate of drug-likeness (QED) is 0.0868. The number of aliphatic carboxylic acids is 1. The van der Waals surface area contributed by atoms with Gasteiger partial charge in [-0.1, -0.05) is 60.7 Å². The molecule has 0 saturated heterocycles. The minimum absolute atomic E-state index is 0. The van der Waals surface area contributed by atoms with Gasteiger partial charge in [-0.05, 0) is 89.5 Å².